The molecule has 2 aliphatic rings. The first kappa shape index (κ1) is 24.7. The zero-order valence-electron chi connectivity index (χ0n) is 20.2. The lowest BCUT2D eigenvalue weighted by atomic mass is 9.88. The Bertz CT molecular complexity index is 1040. The van der Waals surface area contributed by atoms with Crippen molar-refractivity contribution < 1.29 is 23.9 Å². The van der Waals surface area contributed by atoms with Crippen LogP contribution in [0.25, 0.3) is 0 Å². The molecule has 2 aromatic rings. The van der Waals surface area contributed by atoms with E-state index in [1.807, 2.05) is 12.1 Å². The predicted octanol–water partition coefficient (Wildman–Crippen LogP) is 3.76. The van der Waals surface area contributed by atoms with Crippen LogP contribution in [-0.2, 0) is 20.8 Å². The van der Waals surface area contributed by atoms with E-state index < -0.39 is 5.97 Å². The number of amides is 2. The molecule has 2 aromatic carbocycles. The lowest BCUT2D eigenvalue weighted by Gasteiger charge is -2.28. The van der Waals surface area contributed by atoms with Gasteiger partial charge in [0.15, 0.2) is 0 Å². The summed E-state index contributed by atoms with van der Waals surface area (Å²) in [6, 6.07) is 12.6. The van der Waals surface area contributed by atoms with Crippen molar-refractivity contribution in [2.45, 2.75) is 38.6 Å². The van der Waals surface area contributed by atoms with E-state index in [-0.39, 0.29) is 24.3 Å². The fourth-order valence-corrected chi connectivity index (χ4v) is 4.64. The first-order valence-corrected chi connectivity index (χ1v) is 12.3. The van der Waals surface area contributed by atoms with Gasteiger partial charge >= 0.3 is 5.97 Å². The Labute approximate surface area is 206 Å². The molecule has 2 amide bonds. The molecule has 4 rings (SSSR count). The molecule has 1 aliphatic heterocycles. The molecule has 8 nitrogen and oxygen atoms in total. The van der Waals surface area contributed by atoms with Crippen LogP contribution in [0.2, 0.25) is 0 Å². The molecule has 0 bridgehead atoms. The van der Waals surface area contributed by atoms with Crippen molar-refractivity contribution in [3.63, 3.8) is 0 Å². The van der Waals surface area contributed by atoms with E-state index in [0.717, 1.165) is 44.5 Å². The second-order valence-electron chi connectivity index (χ2n) is 9.06. The summed E-state index contributed by atoms with van der Waals surface area (Å²) in [5, 5.41) is 5.86. The monoisotopic (exact) mass is 479 g/mol. The average Bonchev–Trinajstić information content (AvgIpc) is 2.92. The van der Waals surface area contributed by atoms with Crippen LogP contribution in [0.3, 0.4) is 0 Å². The standard InChI is InChI=1S/C27H33N3O5/c1-34-27(33)22-15-19(16-23(17-22)29-26(32)20-5-3-2-4-6-20)18-28-25(31)21-7-9-24(10-8-21)30-11-13-35-14-12-30/h7-10,15-17,20H,2-6,11-14,18H2,1H3,(H,28,31)(H,29,32). The van der Waals surface area contributed by atoms with E-state index in [0.29, 0.717) is 35.6 Å². The maximum atomic E-state index is 12.7. The Morgan fingerprint density at radius 1 is 0.971 bits per heavy atom. The quantitative estimate of drug-likeness (QED) is 0.587. The van der Waals surface area contributed by atoms with Crippen LogP contribution in [0.4, 0.5) is 11.4 Å². The van der Waals surface area contributed by atoms with Crippen LogP contribution in [0.1, 0.15) is 58.4 Å². The number of hydrogen-bond acceptors (Lipinski definition) is 6. The fraction of sp³-hybridized carbons (Fsp3) is 0.444. The van der Waals surface area contributed by atoms with Gasteiger partial charge in [0.25, 0.3) is 5.91 Å². The van der Waals surface area contributed by atoms with Gasteiger partial charge in [-0.1, -0.05) is 19.3 Å². The van der Waals surface area contributed by atoms with Crippen LogP contribution < -0.4 is 15.5 Å². The number of benzene rings is 2. The van der Waals surface area contributed by atoms with Crippen LogP contribution in [-0.4, -0.2) is 51.2 Å². The van der Waals surface area contributed by atoms with Gasteiger partial charge in [-0.3, -0.25) is 9.59 Å². The van der Waals surface area contributed by atoms with Gasteiger partial charge in [0.2, 0.25) is 5.91 Å². The van der Waals surface area contributed by atoms with Crippen molar-refractivity contribution >= 4 is 29.2 Å². The number of esters is 1. The highest BCUT2D eigenvalue weighted by molar-refractivity contribution is 5.96. The van der Waals surface area contributed by atoms with Crippen LogP contribution in [0.15, 0.2) is 42.5 Å². The number of ether oxygens (including phenoxy) is 2. The van der Waals surface area contributed by atoms with Gasteiger partial charge in [0.05, 0.1) is 25.9 Å². The molecule has 2 N–H and O–H groups in total. The zero-order chi connectivity index (χ0) is 24.6. The number of carbonyl (C=O) groups excluding carboxylic acids is 3. The molecule has 1 saturated heterocycles. The summed E-state index contributed by atoms with van der Waals surface area (Å²) in [5.74, 6) is -0.740. The first-order chi connectivity index (χ1) is 17.0. The van der Waals surface area contributed by atoms with Gasteiger partial charge < -0.3 is 25.0 Å². The molecule has 35 heavy (non-hydrogen) atoms. The molecule has 1 heterocycles. The highest BCUT2D eigenvalue weighted by Gasteiger charge is 2.22. The molecule has 0 spiro atoms. The minimum Gasteiger partial charge on any atom is -0.465 e. The summed E-state index contributed by atoms with van der Waals surface area (Å²) in [6.07, 6.45) is 5.06. The lowest BCUT2D eigenvalue weighted by Crippen LogP contribution is -2.36. The van der Waals surface area contributed by atoms with Gasteiger partial charge in [0.1, 0.15) is 0 Å². The summed E-state index contributed by atoms with van der Waals surface area (Å²) >= 11 is 0. The molecule has 1 saturated carbocycles. The van der Waals surface area contributed by atoms with Crippen LogP contribution in [0.5, 0.6) is 0 Å². The number of anilines is 2. The van der Waals surface area contributed by atoms with E-state index >= 15 is 0 Å². The number of hydrogen-bond donors (Lipinski definition) is 2. The van der Waals surface area contributed by atoms with Crippen molar-refractivity contribution in [2.75, 3.05) is 43.6 Å². The molecule has 186 valence electrons. The first-order valence-electron chi connectivity index (χ1n) is 12.3. The number of rotatable bonds is 7. The lowest BCUT2D eigenvalue weighted by molar-refractivity contribution is -0.120. The van der Waals surface area contributed by atoms with E-state index in [1.54, 1.807) is 30.3 Å². The summed E-state index contributed by atoms with van der Waals surface area (Å²) in [4.78, 5) is 39.9. The fourth-order valence-electron chi connectivity index (χ4n) is 4.64. The van der Waals surface area contributed by atoms with Gasteiger partial charge in [-0.2, -0.15) is 0 Å². The largest absolute Gasteiger partial charge is 0.465 e. The number of nitrogens with one attached hydrogen (secondary N) is 2. The summed E-state index contributed by atoms with van der Waals surface area (Å²) in [5.41, 5.74) is 3.17. The predicted molar refractivity (Wildman–Crippen MR) is 134 cm³/mol. The highest BCUT2D eigenvalue weighted by Crippen LogP contribution is 2.26. The third-order valence-corrected chi connectivity index (χ3v) is 6.62. The maximum Gasteiger partial charge on any atom is 0.337 e. The molecule has 2 fully saturated rings. The van der Waals surface area contributed by atoms with Crippen LogP contribution in [0, 0.1) is 5.92 Å². The number of nitrogens with zero attached hydrogens (tertiary/aromatic N) is 1. The molecule has 1 aliphatic carbocycles. The minimum absolute atomic E-state index is 0.00544. The Hall–Kier alpha value is -3.39. The van der Waals surface area contributed by atoms with Crippen molar-refractivity contribution in [1.29, 1.82) is 0 Å². The SMILES string of the molecule is COC(=O)c1cc(CNC(=O)c2ccc(N3CCOCC3)cc2)cc(NC(=O)C2CCCCC2)c1. The summed E-state index contributed by atoms with van der Waals surface area (Å²) in [6.45, 7) is 3.29. The normalized spacial score (nSPS) is 16.4. The molecular formula is C27H33N3O5. The molecule has 0 atom stereocenters. The smallest absolute Gasteiger partial charge is 0.337 e. The number of carbonyl (C=O) groups is 3. The van der Waals surface area contributed by atoms with E-state index in [9.17, 15) is 14.4 Å². The second kappa shape index (κ2) is 11.8. The minimum atomic E-state index is -0.495. The zero-order valence-corrected chi connectivity index (χ0v) is 20.2. The molecule has 0 unspecified atom stereocenters. The molecule has 8 heteroatoms. The maximum absolute atomic E-state index is 12.7. The van der Waals surface area contributed by atoms with Gasteiger partial charge in [0, 0.05) is 42.5 Å². The summed E-state index contributed by atoms with van der Waals surface area (Å²) in [7, 11) is 1.32. The Balaban J connectivity index is 1.41. The molecule has 0 radical (unpaired) electrons. The summed E-state index contributed by atoms with van der Waals surface area (Å²) < 4.78 is 10.3. The second-order valence-corrected chi connectivity index (χ2v) is 9.06. The molecule has 0 aromatic heterocycles. The Morgan fingerprint density at radius 2 is 1.69 bits per heavy atom. The Morgan fingerprint density at radius 3 is 2.37 bits per heavy atom. The number of morpholine rings is 1. The highest BCUT2D eigenvalue weighted by atomic mass is 16.5. The van der Waals surface area contributed by atoms with Gasteiger partial charge in [-0.25, -0.2) is 4.79 Å². The van der Waals surface area contributed by atoms with Crippen molar-refractivity contribution in [2.24, 2.45) is 5.92 Å². The van der Waals surface area contributed by atoms with E-state index in [4.69, 9.17) is 9.47 Å². The third kappa shape index (κ3) is 6.60. The van der Waals surface area contributed by atoms with E-state index in [2.05, 4.69) is 15.5 Å². The third-order valence-electron chi connectivity index (χ3n) is 6.62. The van der Waals surface area contributed by atoms with Gasteiger partial charge in [-0.15, -0.1) is 0 Å². The topological polar surface area (TPSA) is 97.0 Å². The van der Waals surface area contributed by atoms with Crippen molar-refractivity contribution in [3.8, 4) is 0 Å². The van der Waals surface area contributed by atoms with E-state index in [1.165, 1.54) is 13.5 Å². The number of methoxy groups -OCH3 is 1. The molecular weight excluding hydrogens is 446 g/mol. The Kier molecular flexibility index (Phi) is 8.36. The van der Waals surface area contributed by atoms with Crippen molar-refractivity contribution in [3.05, 3.63) is 59.2 Å². The van der Waals surface area contributed by atoms with Crippen LogP contribution >= 0.6 is 0 Å². The average molecular weight is 480 g/mol. The van der Waals surface area contributed by atoms with Crippen molar-refractivity contribution in [1.82, 2.24) is 5.32 Å². The van der Waals surface area contributed by atoms with Gasteiger partial charge in [-0.05, 0) is 60.9 Å².